The number of pyridine rings is 1. The van der Waals surface area contributed by atoms with E-state index >= 15 is 0 Å². The Morgan fingerprint density at radius 2 is 1.81 bits per heavy atom. The van der Waals surface area contributed by atoms with Crippen LogP contribution in [-0.4, -0.2) is 37.1 Å². The van der Waals surface area contributed by atoms with Crippen LogP contribution in [0.25, 0.3) is 10.9 Å². The molecule has 3 aromatic rings. The average molecular weight is 369 g/mol. The van der Waals surface area contributed by atoms with Crippen LogP contribution in [-0.2, 0) is 4.74 Å². The Labute approximate surface area is 159 Å². The second kappa shape index (κ2) is 7.85. The molecule has 0 bridgehead atoms. The van der Waals surface area contributed by atoms with Crippen LogP contribution in [0, 0.1) is 6.92 Å². The first kappa shape index (κ1) is 18.4. The SMILES string of the molecule is Cc1ccc2ncc(C(=O)c3ccccc3)c(N3CCOCC3)c2c1.Cl. The molecule has 134 valence electrons. The lowest BCUT2D eigenvalue weighted by Gasteiger charge is -2.31. The Kier molecular flexibility index (Phi) is 5.55. The maximum atomic E-state index is 13.1. The first-order chi connectivity index (χ1) is 12.2. The molecule has 1 saturated heterocycles. The molecule has 0 spiro atoms. The van der Waals surface area contributed by atoms with E-state index in [0.717, 1.165) is 35.2 Å². The zero-order valence-corrected chi connectivity index (χ0v) is 15.5. The number of hydrogen-bond donors (Lipinski definition) is 0. The lowest BCUT2D eigenvalue weighted by molar-refractivity contribution is 0.103. The Balaban J connectivity index is 0.00000196. The van der Waals surface area contributed by atoms with Gasteiger partial charge in [0.15, 0.2) is 5.78 Å². The van der Waals surface area contributed by atoms with Crippen LogP contribution in [0.15, 0.2) is 54.7 Å². The van der Waals surface area contributed by atoms with E-state index < -0.39 is 0 Å². The highest BCUT2D eigenvalue weighted by Crippen LogP contribution is 2.32. The molecular weight excluding hydrogens is 348 g/mol. The van der Waals surface area contributed by atoms with Crippen LogP contribution in [0.4, 0.5) is 5.69 Å². The van der Waals surface area contributed by atoms with Crippen molar-refractivity contribution in [1.29, 1.82) is 0 Å². The fourth-order valence-corrected chi connectivity index (χ4v) is 3.33. The molecule has 5 heteroatoms. The van der Waals surface area contributed by atoms with Gasteiger partial charge in [-0.3, -0.25) is 9.78 Å². The molecule has 0 radical (unpaired) electrons. The standard InChI is InChI=1S/C21H20N2O2.ClH/c1-15-7-8-19-17(13-15)20(23-9-11-25-12-10-23)18(14-22-19)21(24)16-5-3-2-4-6-16;/h2-8,13-14H,9-12H2,1H3;1H. The van der Waals surface area contributed by atoms with E-state index in [1.807, 2.05) is 36.4 Å². The third-order valence-corrected chi connectivity index (χ3v) is 4.60. The molecule has 0 N–H and O–H groups in total. The molecule has 1 fully saturated rings. The number of benzene rings is 2. The van der Waals surface area contributed by atoms with Crippen molar-refractivity contribution in [2.75, 3.05) is 31.2 Å². The van der Waals surface area contributed by atoms with Gasteiger partial charge in [0, 0.05) is 30.2 Å². The van der Waals surface area contributed by atoms with Gasteiger partial charge in [0.2, 0.25) is 0 Å². The van der Waals surface area contributed by atoms with Crippen LogP contribution < -0.4 is 4.90 Å². The predicted molar refractivity (Wildman–Crippen MR) is 107 cm³/mol. The first-order valence-corrected chi connectivity index (χ1v) is 8.56. The fraction of sp³-hybridized carbons (Fsp3) is 0.238. The summed E-state index contributed by atoms with van der Waals surface area (Å²) in [6.45, 7) is 4.97. The van der Waals surface area contributed by atoms with Gasteiger partial charge in [-0.15, -0.1) is 12.4 Å². The van der Waals surface area contributed by atoms with Crippen molar-refractivity contribution in [3.8, 4) is 0 Å². The van der Waals surface area contributed by atoms with Crippen LogP contribution in [0.2, 0.25) is 0 Å². The van der Waals surface area contributed by atoms with Gasteiger partial charge in [0.25, 0.3) is 0 Å². The smallest absolute Gasteiger partial charge is 0.196 e. The fourth-order valence-electron chi connectivity index (χ4n) is 3.33. The molecule has 4 rings (SSSR count). The number of nitrogens with zero attached hydrogens (tertiary/aromatic N) is 2. The maximum Gasteiger partial charge on any atom is 0.196 e. The van der Waals surface area contributed by atoms with Crippen LogP contribution >= 0.6 is 12.4 Å². The van der Waals surface area contributed by atoms with Crippen molar-refractivity contribution in [2.45, 2.75) is 6.92 Å². The number of fused-ring (bicyclic) bond motifs is 1. The molecule has 0 saturated carbocycles. The summed E-state index contributed by atoms with van der Waals surface area (Å²) in [6.07, 6.45) is 1.72. The number of aryl methyl sites for hydroxylation is 1. The molecule has 4 nitrogen and oxygen atoms in total. The van der Waals surface area contributed by atoms with Crippen molar-refractivity contribution < 1.29 is 9.53 Å². The van der Waals surface area contributed by atoms with Gasteiger partial charge in [-0.05, 0) is 19.1 Å². The molecule has 2 aromatic carbocycles. The Morgan fingerprint density at radius 1 is 1.08 bits per heavy atom. The topological polar surface area (TPSA) is 42.4 Å². The highest BCUT2D eigenvalue weighted by Gasteiger charge is 2.23. The van der Waals surface area contributed by atoms with Gasteiger partial charge in [-0.25, -0.2) is 0 Å². The number of carbonyl (C=O) groups is 1. The summed E-state index contributed by atoms with van der Waals surface area (Å²) < 4.78 is 5.50. The van der Waals surface area contributed by atoms with Crippen LogP contribution in [0.1, 0.15) is 21.5 Å². The summed E-state index contributed by atoms with van der Waals surface area (Å²) >= 11 is 0. The number of anilines is 1. The molecule has 0 atom stereocenters. The Bertz CT molecular complexity index is 922. The minimum Gasteiger partial charge on any atom is -0.378 e. The van der Waals surface area contributed by atoms with Crippen molar-refractivity contribution in [3.63, 3.8) is 0 Å². The van der Waals surface area contributed by atoms with Crippen molar-refractivity contribution in [3.05, 3.63) is 71.4 Å². The first-order valence-electron chi connectivity index (χ1n) is 8.56. The normalized spacial score (nSPS) is 14.1. The maximum absolute atomic E-state index is 13.1. The van der Waals surface area contributed by atoms with Gasteiger partial charge >= 0.3 is 0 Å². The number of aromatic nitrogens is 1. The van der Waals surface area contributed by atoms with E-state index in [9.17, 15) is 4.79 Å². The van der Waals surface area contributed by atoms with Gasteiger partial charge in [-0.2, -0.15) is 0 Å². The lowest BCUT2D eigenvalue weighted by Crippen LogP contribution is -2.37. The minimum absolute atomic E-state index is 0. The molecular formula is C21H21ClN2O2. The Hall–Kier alpha value is -2.43. The highest BCUT2D eigenvalue weighted by atomic mass is 35.5. The van der Waals surface area contributed by atoms with Crippen LogP contribution in [0.5, 0.6) is 0 Å². The molecule has 2 heterocycles. The second-order valence-electron chi connectivity index (χ2n) is 6.34. The number of hydrogen-bond acceptors (Lipinski definition) is 4. The number of carbonyl (C=O) groups excluding carboxylic acids is 1. The number of morpholine rings is 1. The van der Waals surface area contributed by atoms with E-state index in [2.05, 4.69) is 28.9 Å². The summed E-state index contributed by atoms with van der Waals surface area (Å²) in [5, 5.41) is 1.03. The molecule has 0 aliphatic carbocycles. The molecule has 0 amide bonds. The lowest BCUT2D eigenvalue weighted by atomic mass is 9.99. The number of ether oxygens (including phenoxy) is 1. The minimum atomic E-state index is 0. The van der Waals surface area contributed by atoms with E-state index in [-0.39, 0.29) is 18.2 Å². The van der Waals surface area contributed by atoms with Gasteiger partial charge in [-0.1, -0.05) is 42.0 Å². The van der Waals surface area contributed by atoms with Gasteiger partial charge in [0.05, 0.1) is 30.0 Å². The molecule has 26 heavy (non-hydrogen) atoms. The second-order valence-corrected chi connectivity index (χ2v) is 6.34. The van der Waals surface area contributed by atoms with Crippen molar-refractivity contribution >= 4 is 34.8 Å². The summed E-state index contributed by atoms with van der Waals surface area (Å²) in [5.41, 5.74) is 4.40. The third kappa shape index (κ3) is 3.43. The van der Waals surface area contributed by atoms with Gasteiger partial charge < -0.3 is 9.64 Å². The highest BCUT2D eigenvalue weighted by molar-refractivity contribution is 6.16. The monoisotopic (exact) mass is 368 g/mol. The largest absolute Gasteiger partial charge is 0.378 e. The van der Waals surface area contributed by atoms with Gasteiger partial charge in [0.1, 0.15) is 0 Å². The van der Waals surface area contributed by atoms with Crippen LogP contribution in [0.3, 0.4) is 0 Å². The Morgan fingerprint density at radius 3 is 2.54 bits per heavy atom. The van der Waals surface area contributed by atoms with E-state index in [0.29, 0.717) is 24.3 Å². The summed E-state index contributed by atoms with van der Waals surface area (Å²) in [6, 6.07) is 15.6. The summed E-state index contributed by atoms with van der Waals surface area (Å²) in [5.74, 6) is 0.0120. The number of rotatable bonds is 3. The summed E-state index contributed by atoms with van der Waals surface area (Å²) in [7, 11) is 0. The zero-order valence-electron chi connectivity index (χ0n) is 14.6. The number of ketones is 1. The van der Waals surface area contributed by atoms with E-state index in [1.54, 1.807) is 6.20 Å². The molecule has 0 unspecified atom stereocenters. The average Bonchev–Trinajstić information content (AvgIpc) is 2.68. The molecule has 1 aliphatic rings. The number of halogens is 1. The zero-order chi connectivity index (χ0) is 17.2. The van der Waals surface area contributed by atoms with E-state index in [4.69, 9.17) is 4.74 Å². The summed E-state index contributed by atoms with van der Waals surface area (Å²) in [4.78, 5) is 19.9. The van der Waals surface area contributed by atoms with Crippen molar-refractivity contribution in [2.24, 2.45) is 0 Å². The quantitative estimate of drug-likeness (QED) is 0.654. The molecule has 1 aromatic heterocycles. The van der Waals surface area contributed by atoms with E-state index in [1.165, 1.54) is 0 Å². The predicted octanol–water partition coefficient (Wildman–Crippen LogP) is 4.03. The van der Waals surface area contributed by atoms with Crippen molar-refractivity contribution in [1.82, 2.24) is 4.98 Å². The third-order valence-electron chi connectivity index (χ3n) is 4.60. The molecule has 1 aliphatic heterocycles.